The number of rotatable bonds is 11. The zero-order valence-electron chi connectivity index (χ0n) is 19.1. The van der Waals surface area contributed by atoms with E-state index in [2.05, 4.69) is 0 Å². The van der Waals surface area contributed by atoms with Gasteiger partial charge in [-0.15, -0.1) is 0 Å². The Labute approximate surface area is 198 Å². The first kappa shape index (κ1) is 24.0. The summed E-state index contributed by atoms with van der Waals surface area (Å²) in [6.07, 6.45) is 2.60. The molecule has 2 aromatic carbocycles. The molecule has 178 valence electrons. The smallest absolute Gasteiger partial charge is 0.261 e. The number of hydrogen-bond donors (Lipinski definition) is 0. The van der Waals surface area contributed by atoms with Gasteiger partial charge >= 0.3 is 0 Å². The Morgan fingerprint density at radius 3 is 1.44 bits per heavy atom. The summed E-state index contributed by atoms with van der Waals surface area (Å²) in [4.78, 5) is 52.0. The fourth-order valence-electron chi connectivity index (χ4n) is 4.25. The molecule has 2 aliphatic rings. The molecule has 0 bridgehead atoms. The second-order valence-corrected chi connectivity index (χ2v) is 11.3. The van der Waals surface area contributed by atoms with Gasteiger partial charge < -0.3 is 4.52 Å². The van der Waals surface area contributed by atoms with Gasteiger partial charge in [-0.25, -0.2) is 0 Å². The molecule has 4 rings (SSSR count). The van der Waals surface area contributed by atoms with Crippen molar-refractivity contribution in [2.24, 2.45) is 0 Å². The Morgan fingerprint density at radius 1 is 0.647 bits per heavy atom. The summed E-state index contributed by atoms with van der Waals surface area (Å²) in [6.45, 7) is 2.44. The van der Waals surface area contributed by atoms with Crippen molar-refractivity contribution in [2.75, 3.05) is 32.5 Å². The van der Waals surface area contributed by atoms with Gasteiger partial charge in [0.25, 0.3) is 23.6 Å². The van der Waals surface area contributed by atoms with E-state index in [0.29, 0.717) is 60.6 Å². The second kappa shape index (κ2) is 10.0. The first-order valence-electron chi connectivity index (χ1n) is 11.4. The van der Waals surface area contributed by atoms with Crippen molar-refractivity contribution in [3.05, 3.63) is 70.8 Å². The van der Waals surface area contributed by atoms with Crippen LogP contribution in [0.5, 0.6) is 0 Å². The third-order valence-corrected chi connectivity index (χ3v) is 7.95. The summed E-state index contributed by atoms with van der Waals surface area (Å²) in [6, 6.07) is 13.5. The lowest BCUT2D eigenvalue weighted by Gasteiger charge is -2.17. The van der Waals surface area contributed by atoms with Gasteiger partial charge in [-0.3, -0.25) is 33.5 Å². The Hall–Kier alpha value is -3.09. The van der Waals surface area contributed by atoms with Crippen LogP contribution in [0.25, 0.3) is 0 Å². The predicted octanol–water partition coefficient (Wildman–Crippen LogP) is 4.06. The van der Waals surface area contributed by atoms with Gasteiger partial charge in [0.05, 0.1) is 28.9 Å². The molecule has 2 aliphatic heterocycles. The zero-order valence-corrected chi connectivity index (χ0v) is 20.0. The average Bonchev–Trinajstić information content (AvgIpc) is 3.22. The molecule has 4 amide bonds. The zero-order chi connectivity index (χ0) is 24.3. The van der Waals surface area contributed by atoms with Crippen molar-refractivity contribution in [1.82, 2.24) is 9.80 Å². The van der Waals surface area contributed by atoms with E-state index in [1.807, 2.05) is 0 Å². The van der Waals surface area contributed by atoms with Crippen LogP contribution < -0.4 is 0 Å². The van der Waals surface area contributed by atoms with Gasteiger partial charge in [0.15, 0.2) is 7.37 Å². The number of carbonyl (C=O) groups excluding carboxylic acids is 4. The lowest BCUT2D eigenvalue weighted by Crippen LogP contribution is -2.30. The van der Waals surface area contributed by atoms with Crippen LogP contribution in [-0.4, -0.2) is 66.0 Å². The van der Waals surface area contributed by atoms with Crippen LogP contribution in [0.15, 0.2) is 48.5 Å². The minimum Gasteiger partial charge on any atom is -0.329 e. The van der Waals surface area contributed by atoms with Crippen LogP contribution in [0, 0.1) is 0 Å². The Kier molecular flexibility index (Phi) is 7.10. The van der Waals surface area contributed by atoms with Crippen LogP contribution in [-0.2, 0) is 9.09 Å². The molecule has 0 saturated carbocycles. The highest BCUT2D eigenvalue weighted by Crippen LogP contribution is 2.43. The second-order valence-electron chi connectivity index (χ2n) is 8.60. The molecular formula is C25H27N2O6P. The van der Waals surface area contributed by atoms with Gasteiger partial charge in [-0.2, -0.15) is 0 Å². The first-order chi connectivity index (χ1) is 16.3. The molecular weight excluding hydrogens is 455 g/mol. The third-order valence-electron chi connectivity index (χ3n) is 6.09. The fourth-order valence-corrected chi connectivity index (χ4v) is 5.69. The molecule has 2 aromatic rings. The SMILES string of the molecule is C[P@](=O)(CCCCN1C(=O)c2ccccc2C1=O)OCCCCN1C(=O)c2ccccc2C1=O. The molecule has 9 heteroatoms. The van der Waals surface area contributed by atoms with E-state index >= 15 is 0 Å². The standard InChI is InChI=1S/C25H27N2O6P/c1-34(32,17-9-7-15-27-24(30)20-12-4-5-13-21(20)25(27)31)33-16-8-6-14-26-22(28)18-10-2-3-11-19(18)23(26)29/h2-5,10-13H,6-9,14-17H2,1H3/t34-/m1/s1. The number of amides is 4. The summed E-state index contributed by atoms with van der Waals surface area (Å²) in [5, 5.41) is 0. The topological polar surface area (TPSA) is 101 Å². The van der Waals surface area contributed by atoms with Gasteiger partial charge in [0, 0.05) is 25.9 Å². The molecule has 8 nitrogen and oxygen atoms in total. The van der Waals surface area contributed by atoms with Crippen molar-refractivity contribution < 1.29 is 28.3 Å². The highest BCUT2D eigenvalue weighted by Gasteiger charge is 2.35. The molecule has 2 heterocycles. The lowest BCUT2D eigenvalue weighted by atomic mass is 10.1. The maximum absolute atomic E-state index is 12.7. The number of unbranched alkanes of at least 4 members (excludes halogenated alkanes) is 2. The molecule has 0 aliphatic carbocycles. The lowest BCUT2D eigenvalue weighted by molar-refractivity contribution is 0.0635. The van der Waals surface area contributed by atoms with E-state index in [0.717, 1.165) is 0 Å². The number of nitrogens with zero attached hydrogens (tertiary/aromatic N) is 2. The van der Waals surface area contributed by atoms with Crippen molar-refractivity contribution >= 4 is 31.0 Å². The van der Waals surface area contributed by atoms with Crippen LogP contribution in [0.3, 0.4) is 0 Å². The number of imide groups is 2. The van der Waals surface area contributed by atoms with E-state index < -0.39 is 7.37 Å². The maximum atomic E-state index is 12.7. The van der Waals surface area contributed by atoms with E-state index in [4.69, 9.17) is 4.52 Å². The normalized spacial score (nSPS) is 16.7. The number of hydrogen-bond acceptors (Lipinski definition) is 6. The maximum Gasteiger partial charge on any atom is 0.261 e. The molecule has 0 saturated heterocycles. The molecule has 0 aromatic heterocycles. The molecule has 1 atom stereocenters. The molecule has 0 radical (unpaired) electrons. The van der Waals surface area contributed by atoms with Crippen molar-refractivity contribution in [3.63, 3.8) is 0 Å². The largest absolute Gasteiger partial charge is 0.329 e. The summed E-state index contributed by atoms with van der Waals surface area (Å²) in [5.41, 5.74) is 1.72. The molecule has 0 unspecified atom stereocenters. The van der Waals surface area contributed by atoms with Crippen molar-refractivity contribution in [1.29, 1.82) is 0 Å². The molecule has 0 N–H and O–H groups in total. The first-order valence-corrected chi connectivity index (χ1v) is 13.7. The predicted molar refractivity (Wildman–Crippen MR) is 126 cm³/mol. The van der Waals surface area contributed by atoms with Gasteiger partial charge in [-0.1, -0.05) is 24.3 Å². The van der Waals surface area contributed by atoms with E-state index in [1.165, 1.54) is 9.80 Å². The highest BCUT2D eigenvalue weighted by molar-refractivity contribution is 7.58. The van der Waals surface area contributed by atoms with E-state index in [9.17, 15) is 23.7 Å². The Bertz CT molecular complexity index is 1120. The summed E-state index contributed by atoms with van der Waals surface area (Å²) < 4.78 is 18.3. The van der Waals surface area contributed by atoms with E-state index in [-0.39, 0.29) is 36.8 Å². The van der Waals surface area contributed by atoms with Crippen LogP contribution in [0.2, 0.25) is 0 Å². The van der Waals surface area contributed by atoms with Crippen LogP contribution in [0.4, 0.5) is 0 Å². The Balaban J connectivity index is 1.13. The Morgan fingerprint density at radius 2 is 1.03 bits per heavy atom. The van der Waals surface area contributed by atoms with Gasteiger partial charge in [-0.05, 0) is 49.9 Å². The number of carbonyl (C=O) groups is 4. The van der Waals surface area contributed by atoms with Crippen LogP contribution in [0.1, 0.15) is 67.1 Å². The highest BCUT2D eigenvalue weighted by atomic mass is 31.2. The molecule has 0 fully saturated rings. The number of fused-ring (bicyclic) bond motifs is 2. The van der Waals surface area contributed by atoms with E-state index in [1.54, 1.807) is 55.2 Å². The van der Waals surface area contributed by atoms with Crippen LogP contribution >= 0.6 is 7.37 Å². The minimum absolute atomic E-state index is 0.273. The van der Waals surface area contributed by atoms with Gasteiger partial charge in [0.2, 0.25) is 0 Å². The molecule has 34 heavy (non-hydrogen) atoms. The summed E-state index contributed by atoms with van der Waals surface area (Å²) in [5.74, 6) is -1.12. The van der Waals surface area contributed by atoms with Crippen molar-refractivity contribution in [2.45, 2.75) is 25.7 Å². The number of benzene rings is 2. The van der Waals surface area contributed by atoms with Gasteiger partial charge in [0.1, 0.15) is 0 Å². The summed E-state index contributed by atoms with van der Waals surface area (Å²) >= 11 is 0. The quantitative estimate of drug-likeness (QED) is 0.272. The minimum atomic E-state index is -2.82. The fraction of sp³-hybridized carbons (Fsp3) is 0.360. The average molecular weight is 482 g/mol. The third kappa shape index (κ3) is 4.88. The monoisotopic (exact) mass is 482 g/mol. The summed E-state index contributed by atoms with van der Waals surface area (Å²) in [7, 11) is -2.82. The van der Waals surface area contributed by atoms with Crippen molar-refractivity contribution in [3.8, 4) is 0 Å². The molecule has 0 spiro atoms.